The van der Waals surface area contributed by atoms with Crippen LogP contribution in [0.15, 0.2) is 47.1 Å². The Morgan fingerprint density at radius 3 is 2.79 bits per heavy atom. The summed E-state index contributed by atoms with van der Waals surface area (Å²) in [6.07, 6.45) is 6.57. The van der Waals surface area contributed by atoms with Crippen LogP contribution in [-0.4, -0.2) is 42.0 Å². The van der Waals surface area contributed by atoms with Gasteiger partial charge in [0.2, 0.25) is 0 Å². The normalized spacial score (nSPS) is 15.0. The van der Waals surface area contributed by atoms with Gasteiger partial charge in [0, 0.05) is 11.9 Å². The number of nitrogens with one attached hydrogen (secondary N) is 1. The highest BCUT2D eigenvalue weighted by Crippen LogP contribution is 2.25. The molecule has 0 atom stereocenters. The van der Waals surface area contributed by atoms with Crippen molar-refractivity contribution in [3.8, 4) is 11.5 Å². The Morgan fingerprint density at radius 1 is 1.14 bits per heavy atom. The molecule has 0 saturated carbocycles. The lowest BCUT2D eigenvalue weighted by molar-refractivity contribution is 0.0952. The van der Waals surface area contributed by atoms with Gasteiger partial charge in [0.05, 0.1) is 17.3 Å². The summed E-state index contributed by atoms with van der Waals surface area (Å²) in [5.41, 5.74) is 3.26. The Bertz CT molecular complexity index is 944. The highest BCUT2D eigenvalue weighted by Gasteiger charge is 2.15. The number of hydrogen-bond donors (Lipinski definition) is 1. The van der Waals surface area contributed by atoms with Gasteiger partial charge in [0.15, 0.2) is 5.76 Å². The van der Waals surface area contributed by atoms with Gasteiger partial charge in [0.1, 0.15) is 5.69 Å². The fourth-order valence-electron chi connectivity index (χ4n) is 3.95. The molecule has 1 amide bonds. The van der Waals surface area contributed by atoms with E-state index >= 15 is 0 Å². The number of hydrogen-bond acceptors (Lipinski definition) is 4. The molecule has 0 aliphatic carbocycles. The van der Waals surface area contributed by atoms with E-state index in [0.717, 1.165) is 40.9 Å². The van der Waals surface area contributed by atoms with Crippen LogP contribution < -0.4 is 5.32 Å². The van der Waals surface area contributed by atoms with E-state index < -0.39 is 0 Å². The number of carbonyl (C=O) groups is 1. The van der Waals surface area contributed by atoms with E-state index in [0.29, 0.717) is 12.1 Å². The van der Waals surface area contributed by atoms with E-state index in [4.69, 9.17) is 4.42 Å². The van der Waals surface area contributed by atoms with Gasteiger partial charge in [0.25, 0.3) is 5.91 Å². The molecule has 0 bridgehead atoms. The Morgan fingerprint density at radius 2 is 2.00 bits per heavy atom. The summed E-state index contributed by atoms with van der Waals surface area (Å²) in [5, 5.41) is 3.98. The van der Waals surface area contributed by atoms with E-state index in [-0.39, 0.29) is 5.91 Å². The van der Waals surface area contributed by atoms with Crippen molar-refractivity contribution in [3.05, 3.63) is 53.8 Å². The van der Waals surface area contributed by atoms with Gasteiger partial charge in [-0.2, -0.15) is 0 Å². The minimum Gasteiger partial charge on any atom is -0.463 e. The van der Waals surface area contributed by atoms with Crippen LogP contribution in [0.3, 0.4) is 0 Å². The molecule has 1 aliphatic heterocycles. The maximum Gasteiger partial charge on any atom is 0.252 e. The number of piperidine rings is 1. The first kappa shape index (κ1) is 18.7. The molecule has 28 heavy (non-hydrogen) atoms. The Hall–Kier alpha value is -2.66. The molecule has 5 heteroatoms. The molecule has 146 valence electrons. The molecule has 1 aromatic carbocycles. The predicted molar refractivity (Wildman–Crippen MR) is 111 cm³/mol. The monoisotopic (exact) mass is 377 g/mol. The van der Waals surface area contributed by atoms with Crippen LogP contribution in [0.5, 0.6) is 0 Å². The Labute approximate surface area is 165 Å². The molecule has 0 spiro atoms. The van der Waals surface area contributed by atoms with E-state index in [9.17, 15) is 4.79 Å². The van der Waals surface area contributed by atoms with Crippen molar-refractivity contribution in [1.29, 1.82) is 0 Å². The highest BCUT2D eigenvalue weighted by atomic mass is 16.3. The van der Waals surface area contributed by atoms with Crippen LogP contribution in [0.25, 0.3) is 22.4 Å². The molecule has 0 radical (unpaired) electrons. The zero-order valence-electron chi connectivity index (χ0n) is 16.4. The van der Waals surface area contributed by atoms with Crippen molar-refractivity contribution >= 4 is 16.8 Å². The van der Waals surface area contributed by atoms with Crippen molar-refractivity contribution in [1.82, 2.24) is 15.2 Å². The predicted octanol–water partition coefficient (Wildman–Crippen LogP) is 4.41. The summed E-state index contributed by atoms with van der Waals surface area (Å²) in [5.74, 6) is 0.709. The first-order valence-corrected chi connectivity index (χ1v) is 10.2. The Balaban J connectivity index is 1.45. The zero-order chi connectivity index (χ0) is 19.3. The number of fused-ring (bicyclic) bond motifs is 1. The van der Waals surface area contributed by atoms with Crippen LogP contribution in [0, 0.1) is 6.92 Å². The van der Waals surface area contributed by atoms with Crippen LogP contribution in [0.1, 0.15) is 41.6 Å². The molecule has 5 nitrogen and oxygen atoms in total. The summed E-state index contributed by atoms with van der Waals surface area (Å²) in [6, 6.07) is 11.5. The largest absolute Gasteiger partial charge is 0.463 e. The third-order valence-corrected chi connectivity index (χ3v) is 5.47. The third kappa shape index (κ3) is 4.09. The lowest BCUT2D eigenvalue weighted by atomic mass is 10.0. The molecule has 1 fully saturated rings. The molecule has 3 aromatic rings. The van der Waals surface area contributed by atoms with Gasteiger partial charge in [-0.3, -0.25) is 4.79 Å². The number of pyridine rings is 1. The maximum atomic E-state index is 12.9. The number of benzene rings is 1. The lowest BCUT2D eigenvalue weighted by Crippen LogP contribution is -2.33. The van der Waals surface area contributed by atoms with Crippen molar-refractivity contribution in [2.24, 2.45) is 0 Å². The molecule has 0 unspecified atom stereocenters. The number of nitrogens with zero attached hydrogens (tertiary/aromatic N) is 2. The minimum atomic E-state index is -0.0192. The average molecular weight is 377 g/mol. The molecule has 1 N–H and O–H groups in total. The van der Waals surface area contributed by atoms with Crippen LogP contribution in [-0.2, 0) is 0 Å². The zero-order valence-corrected chi connectivity index (χ0v) is 16.4. The second kappa shape index (κ2) is 8.57. The second-order valence-electron chi connectivity index (χ2n) is 7.51. The number of carbonyl (C=O) groups excluding carboxylic acids is 1. The number of furan rings is 1. The molecule has 1 saturated heterocycles. The number of likely N-dealkylation sites (tertiary alicyclic amines) is 1. The van der Waals surface area contributed by atoms with E-state index in [1.807, 2.05) is 43.3 Å². The number of aryl methyl sites for hydroxylation is 1. The first-order chi connectivity index (χ1) is 13.7. The molecule has 1 aliphatic rings. The van der Waals surface area contributed by atoms with Gasteiger partial charge in [-0.25, -0.2) is 4.98 Å². The number of aromatic nitrogens is 1. The highest BCUT2D eigenvalue weighted by molar-refractivity contribution is 6.07. The van der Waals surface area contributed by atoms with Gasteiger partial charge >= 0.3 is 0 Å². The van der Waals surface area contributed by atoms with Gasteiger partial charge < -0.3 is 14.6 Å². The molecule has 2 aromatic heterocycles. The van der Waals surface area contributed by atoms with Crippen molar-refractivity contribution in [3.63, 3.8) is 0 Å². The molecule has 4 rings (SSSR count). The summed E-state index contributed by atoms with van der Waals surface area (Å²) < 4.78 is 5.44. The Kier molecular flexibility index (Phi) is 5.72. The second-order valence-corrected chi connectivity index (χ2v) is 7.51. The standard InChI is InChI=1S/C23H27N3O2/c1-17-8-10-19-18(9-11-20(25-19)21-7-5-16-28-21)22(17)23(27)24-12-6-15-26-13-3-2-4-14-26/h5,7-11,16H,2-4,6,12-15H2,1H3,(H,24,27). The maximum absolute atomic E-state index is 12.9. The van der Waals surface area contributed by atoms with Crippen LogP contribution in [0.2, 0.25) is 0 Å². The number of amides is 1. The summed E-state index contributed by atoms with van der Waals surface area (Å²) in [6.45, 7) is 6.12. The van der Waals surface area contributed by atoms with E-state index in [1.165, 1.54) is 32.4 Å². The molecular weight excluding hydrogens is 350 g/mol. The summed E-state index contributed by atoms with van der Waals surface area (Å²) in [4.78, 5) is 20.1. The molecular formula is C23H27N3O2. The van der Waals surface area contributed by atoms with Gasteiger partial charge in [-0.15, -0.1) is 0 Å². The van der Waals surface area contributed by atoms with Crippen molar-refractivity contribution in [2.75, 3.05) is 26.2 Å². The fourth-order valence-corrected chi connectivity index (χ4v) is 3.95. The van der Waals surface area contributed by atoms with Crippen LogP contribution >= 0.6 is 0 Å². The fraction of sp³-hybridized carbons (Fsp3) is 0.391. The first-order valence-electron chi connectivity index (χ1n) is 10.2. The minimum absolute atomic E-state index is 0.0192. The SMILES string of the molecule is Cc1ccc2nc(-c3ccco3)ccc2c1C(=O)NCCCN1CCCCC1. The molecule has 3 heterocycles. The number of rotatable bonds is 6. The summed E-state index contributed by atoms with van der Waals surface area (Å²) >= 11 is 0. The third-order valence-electron chi connectivity index (χ3n) is 5.47. The smallest absolute Gasteiger partial charge is 0.252 e. The van der Waals surface area contributed by atoms with Gasteiger partial charge in [-0.1, -0.05) is 12.5 Å². The lowest BCUT2D eigenvalue weighted by Gasteiger charge is -2.26. The van der Waals surface area contributed by atoms with E-state index in [1.54, 1.807) is 6.26 Å². The van der Waals surface area contributed by atoms with Crippen LogP contribution in [0.4, 0.5) is 0 Å². The topological polar surface area (TPSA) is 58.4 Å². The summed E-state index contributed by atoms with van der Waals surface area (Å²) in [7, 11) is 0. The van der Waals surface area contributed by atoms with E-state index in [2.05, 4.69) is 15.2 Å². The van der Waals surface area contributed by atoms with Crippen molar-refractivity contribution in [2.45, 2.75) is 32.6 Å². The average Bonchev–Trinajstić information content (AvgIpc) is 3.26. The quantitative estimate of drug-likeness (QED) is 0.647. The van der Waals surface area contributed by atoms with Gasteiger partial charge in [-0.05, 0) is 81.7 Å². The van der Waals surface area contributed by atoms with Crippen molar-refractivity contribution < 1.29 is 9.21 Å².